The average Bonchev–Trinajstić information content (AvgIpc) is 2.93. The van der Waals surface area contributed by atoms with Crippen LogP contribution in [-0.4, -0.2) is 20.6 Å². The molecule has 0 saturated carbocycles. The summed E-state index contributed by atoms with van der Waals surface area (Å²) in [6, 6.07) is 8.41. The second-order valence-electron chi connectivity index (χ2n) is 4.31. The molecule has 0 bridgehead atoms. The maximum atomic E-state index is 12.2. The Hall–Kier alpha value is -1.86. The normalized spacial score (nSPS) is 13.1. The van der Waals surface area contributed by atoms with Crippen LogP contribution in [0.25, 0.3) is 0 Å². The van der Waals surface area contributed by atoms with E-state index in [1.165, 1.54) is 12.3 Å². The molecule has 2 aromatic rings. The molecule has 1 aromatic heterocycles. The van der Waals surface area contributed by atoms with Crippen molar-refractivity contribution in [2.75, 3.05) is 11.8 Å². The Kier molecular flexibility index (Phi) is 4.41. The second kappa shape index (κ2) is 6.06. The van der Waals surface area contributed by atoms with Crippen molar-refractivity contribution >= 4 is 15.8 Å². The van der Waals surface area contributed by atoms with Crippen molar-refractivity contribution < 1.29 is 12.9 Å². The van der Waals surface area contributed by atoms with E-state index in [1.54, 1.807) is 18.2 Å². The summed E-state index contributed by atoms with van der Waals surface area (Å²) >= 11 is 0. The summed E-state index contributed by atoms with van der Waals surface area (Å²) in [6.45, 7) is 2.04. The first kappa shape index (κ1) is 14.5. The number of nitrogens with one attached hydrogen (secondary N) is 2. The van der Waals surface area contributed by atoms with Crippen molar-refractivity contribution in [1.82, 2.24) is 10.5 Å². The molecule has 1 atom stereocenters. The van der Waals surface area contributed by atoms with E-state index in [-0.39, 0.29) is 16.8 Å². The van der Waals surface area contributed by atoms with Gasteiger partial charge in [-0.15, -0.1) is 0 Å². The predicted molar refractivity (Wildman–Crippen MR) is 75.8 cm³/mol. The van der Waals surface area contributed by atoms with E-state index in [4.69, 9.17) is 0 Å². The minimum Gasteiger partial charge on any atom is -0.363 e. The fourth-order valence-corrected chi connectivity index (χ4v) is 3.01. The fraction of sp³-hybridized carbons (Fsp3) is 0.308. The molecule has 0 aliphatic rings. The molecule has 6 nitrogen and oxygen atoms in total. The van der Waals surface area contributed by atoms with E-state index < -0.39 is 10.0 Å². The molecular weight excluding hydrogens is 278 g/mol. The van der Waals surface area contributed by atoms with Gasteiger partial charge in [0, 0.05) is 12.1 Å². The molecule has 2 rings (SSSR count). The molecule has 0 spiro atoms. The number of benzene rings is 1. The maximum absolute atomic E-state index is 12.2. The van der Waals surface area contributed by atoms with Gasteiger partial charge in [-0.1, -0.05) is 24.2 Å². The van der Waals surface area contributed by atoms with Crippen LogP contribution < -0.4 is 10.0 Å². The number of sulfonamides is 1. The van der Waals surface area contributed by atoms with Crippen molar-refractivity contribution in [2.24, 2.45) is 0 Å². The molecule has 0 aliphatic carbocycles. The highest BCUT2D eigenvalue weighted by Gasteiger charge is 2.17. The van der Waals surface area contributed by atoms with Crippen LogP contribution in [0.4, 0.5) is 5.82 Å². The second-order valence-corrected chi connectivity index (χ2v) is 5.99. The van der Waals surface area contributed by atoms with Crippen molar-refractivity contribution in [1.29, 1.82) is 0 Å². The third-order valence-electron chi connectivity index (χ3n) is 3.00. The molecule has 1 aromatic carbocycles. The molecule has 108 valence electrons. The Morgan fingerprint density at radius 1 is 1.35 bits per heavy atom. The number of aromatic nitrogens is 1. The monoisotopic (exact) mass is 295 g/mol. The standard InChI is InChI=1S/C13H17N3O3S/c1-3-12(14-2)10-5-4-6-11(9-10)20(17,18)16-13-7-8-19-15-13/h4-9,12,14H,3H2,1-2H3,(H,15,16). The Bertz CT molecular complexity index is 649. The van der Waals surface area contributed by atoms with Gasteiger partial charge in [0.25, 0.3) is 10.0 Å². The Morgan fingerprint density at radius 2 is 2.15 bits per heavy atom. The van der Waals surface area contributed by atoms with Crippen molar-refractivity contribution in [3.8, 4) is 0 Å². The largest absolute Gasteiger partial charge is 0.363 e. The lowest BCUT2D eigenvalue weighted by Gasteiger charge is -2.15. The first-order valence-electron chi connectivity index (χ1n) is 6.27. The third-order valence-corrected chi connectivity index (χ3v) is 4.36. The lowest BCUT2D eigenvalue weighted by Crippen LogP contribution is -2.17. The van der Waals surface area contributed by atoms with E-state index in [9.17, 15) is 8.42 Å². The highest BCUT2D eigenvalue weighted by atomic mass is 32.2. The van der Waals surface area contributed by atoms with E-state index in [2.05, 4.69) is 19.7 Å². The third kappa shape index (κ3) is 3.17. The van der Waals surface area contributed by atoms with E-state index in [0.29, 0.717) is 0 Å². The quantitative estimate of drug-likeness (QED) is 0.853. The van der Waals surface area contributed by atoms with Crippen LogP contribution in [0.5, 0.6) is 0 Å². The van der Waals surface area contributed by atoms with Gasteiger partial charge in [0.05, 0.1) is 4.90 Å². The van der Waals surface area contributed by atoms with E-state index in [0.717, 1.165) is 12.0 Å². The molecule has 7 heteroatoms. The van der Waals surface area contributed by atoms with Crippen LogP contribution >= 0.6 is 0 Å². The van der Waals surface area contributed by atoms with E-state index >= 15 is 0 Å². The first-order chi connectivity index (χ1) is 9.56. The van der Waals surface area contributed by atoms with Crippen LogP contribution in [0.2, 0.25) is 0 Å². The van der Waals surface area contributed by atoms with Gasteiger partial charge in [-0.05, 0) is 31.2 Å². The average molecular weight is 295 g/mol. The van der Waals surface area contributed by atoms with Crippen LogP contribution in [0.15, 0.2) is 46.0 Å². The van der Waals surface area contributed by atoms with Crippen molar-refractivity contribution in [2.45, 2.75) is 24.3 Å². The number of hydrogen-bond donors (Lipinski definition) is 2. The number of hydrogen-bond acceptors (Lipinski definition) is 5. The van der Waals surface area contributed by atoms with Gasteiger partial charge in [-0.3, -0.25) is 4.72 Å². The summed E-state index contributed by atoms with van der Waals surface area (Å²) in [7, 11) is -1.81. The van der Waals surface area contributed by atoms with Gasteiger partial charge in [0.2, 0.25) is 0 Å². The Labute approximate surface area is 118 Å². The van der Waals surface area contributed by atoms with Crippen LogP contribution in [0, 0.1) is 0 Å². The summed E-state index contributed by atoms with van der Waals surface area (Å²) < 4.78 is 31.4. The highest BCUT2D eigenvalue weighted by molar-refractivity contribution is 7.92. The van der Waals surface area contributed by atoms with Crippen LogP contribution in [0.3, 0.4) is 0 Å². The van der Waals surface area contributed by atoms with E-state index in [1.807, 2.05) is 20.0 Å². The summed E-state index contributed by atoms with van der Waals surface area (Å²) in [4.78, 5) is 0.201. The Morgan fingerprint density at radius 3 is 2.75 bits per heavy atom. The molecule has 0 aliphatic heterocycles. The molecular formula is C13H17N3O3S. The number of anilines is 1. The molecule has 0 radical (unpaired) electrons. The van der Waals surface area contributed by atoms with Crippen LogP contribution in [-0.2, 0) is 10.0 Å². The fourth-order valence-electron chi connectivity index (χ4n) is 1.97. The smallest absolute Gasteiger partial charge is 0.263 e. The van der Waals surface area contributed by atoms with Gasteiger partial charge in [0.15, 0.2) is 5.82 Å². The zero-order valence-corrected chi connectivity index (χ0v) is 12.1. The first-order valence-corrected chi connectivity index (χ1v) is 7.75. The Balaban J connectivity index is 2.30. The van der Waals surface area contributed by atoms with Crippen molar-refractivity contribution in [3.05, 3.63) is 42.2 Å². The summed E-state index contributed by atoms with van der Waals surface area (Å²) in [5.41, 5.74) is 0.929. The molecule has 2 N–H and O–H groups in total. The topological polar surface area (TPSA) is 84.2 Å². The molecule has 1 heterocycles. The summed E-state index contributed by atoms with van der Waals surface area (Å²) in [5.74, 6) is 0.163. The SMILES string of the molecule is CCC(NC)c1cccc(S(=O)(=O)Nc2ccon2)c1. The summed E-state index contributed by atoms with van der Waals surface area (Å²) in [5, 5.41) is 6.69. The van der Waals surface area contributed by atoms with Crippen LogP contribution in [0.1, 0.15) is 24.9 Å². The molecule has 20 heavy (non-hydrogen) atoms. The van der Waals surface area contributed by atoms with Gasteiger partial charge in [0.1, 0.15) is 6.26 Å². The maximum Gasteiger partial charge on any atom is 0.263 e. The lowest BCUT2D eigenvalue weighted by atomic mass is 10.1. The minimum atomic E-state index is -3.66. The minimum absolute atomic E-state index is 0.122. The molecule has 0 amide bonds. The van der Waals surface area contributed by atoms with Gasteiger partial charge in [-0.25, -0.2) is 8.42 Å². The van der Waals surface area contributed by atoms with Crippen molar-refractivity contribution in [3.63, 3.8) is 0 Å². The number of rotatable bonds is 6. The zero-order valence-electron chi connectivity index (χ0n) is 11.3. The molecule has 0 fully saturated rings. The number of nitrogens with zero attached hydrogens (tertiary/aromatic N) is 1. The lowest BCUT2D eigenvalue weighted by molar-refractivity contribution is 0.423. The van der Waals surface area contributed by atoms with Gasteiger partial charge >= 0.3 is 0 Å². The van der Waals surface area contributed by atoms with Gasteiger partial charge in [-0.2, -0.15) is 0 Å². The zero-order chi connectivity index (χ0) is 14.6. The predicted octanol–water partition coefficient (Wildman–Crippen LogP) is 2.15. The molecule has 0 saturated heterocycles. The summed E-state index contributed by atoms with van der Waals surface area (Å²) in [6.07, 6.45) is 2.18. The van der Waals surface area contributed by atoms with Gasteiger partial charge < -0.3 is 9.84 Å². The molecule has 1 unspecified atom stereocenters. The highest BCUT2D eigenvalue weighted by Crippen LogP contribution is 2.21.